The van der Waals surface area contributed by atoms with Crippen molar-refractivity contribution in [3.8, 4) is 0 Å². The Balaban J connectivity index is 1.52. The molecule has 0 bridgehead atoms. The lowest BCUT2D eigenvalue weighted by Gasteiger charge is -2.23. The van der Waals surface area contributed by atoms with Crippen LogP contribution in [-0.4, -0.2) is 23.9 Å². The normalized spacial score (nSPS) is 19.3. The van der Waals surface area contributed by atoms with E-state index in [1.807, 2.05) is 12.1 Å². The van der Waals surface area contributed by atoms with Gasteiger partial charge in [-0.2, -0.15) is 11.3 Å². The van der Waals surface area contributed by atoms with Crippen LogP contribution in [0.1, 0.15) is 30.2 Å². The first-order valence-corrected chi connectivity index (χ1v) is 7.82. The van der Waals surface area contributed by atoms with Gasteiger partial charge in [-0.15, -0.1) is 0 Å². The number of likely N-dealkylation sites (tertiary alicyclic amines) is 1. The molecule has 1 saturated heterocycles. The van der Waals surface area contributed by atoms with Crippen LogP contribution < -0.4 is 5.32 Å². The molecule has 0 aromatic carbocycles. The number of carbonyl (C=O) groups excluding carboxylic acids is 1. The lowest BCUT2D eigenvalue weighted by atomic mass is 10.1. The molecular weight excluding hydrogens is 272 g/mol. The second kappa shape index (κ2) is 6.24. The molecule has 2 aromatic rings. The average Bonchev–Trinajstić information content (AvgIpc) is 3.18. The van der Waals surface area contributed by atoms with E-state index in [1.54, 1.807) is 17.6 Å². The number of furan rings is 1. The summed E-state index contributed by atoms with van der Waals surface area (Å²) in [4.78, 5) is 14.3. The van der Waals surface area contributed by atoms with Crippen LogP contribution in [0.3, 0.4) is 0 Å². The van der Waals surface area contributed by atoms with E-state index in [4.69, 9.17) is 4.42 Å². The minimum atomic E-state index is 0.0588. The van der Waals surface area contributed by atoms with Crippen molar-refractivity contribution in [2.45, 2.75) is 25.4 Å². The molecule has 0 saturated carbocycles. The highest BCUT2D eigenvalue weighted by Crippen LogP contribution is 2.32. The van der Waals surface area contributed by atoms with Crippen molar-refractivity contribution in [1.29, 1.82) is 0 Å². The summed E-state index contributed by atoms with van der Waals surface area (Å²) in [7, 11) is 0. The van der Waals surface area contributed by atoms with E-state index >= 15 is 0 Å². The first kappa shape index (κ1) is 13.4. The first-order chi connectivity index (χ1) is 9.83. The highest BCUT2D eigenvalue weighted by Gasteiger charge is 2.27. The van der Waals surface area contributed by atoms with Gasteiger partial charge >= 0.3 is 0 Å². The zero-order valence-corrected chi connectivity index (χ0v) is 12.1. The van der Waals surface area contributed by atoms with Crippen LogP contribution in [0.25, 0.3) is 0 Å². The van der Waals surface area contributed by atoms with Crippen LogP contribution in [-0.2, 0) is 11.3 Å². The summed E-state index contributed by atoms with van der Waals surface area (Å²) in [6.07, 6.45) is 3.92. The quantitative estimate of drug-likeness (QED) is 0.921. The van der Waals surface area contributed by atoms with Gasteiger partial charge in [0, 0.05) is 6.04 Å². The van der Waals surface area contributed by atoms with Crippen molar-refractivity contribution in [3.63, 3.8) is 0 Å². The Morgan fingerprint density at radius 2 is 2.45 bits per heavy atom. The maximum atomic E-state index is 12.0. The fraction of sp³-hybridized carbons (Fsp3) is 0.400. The van der Waals surface area contributed by atoms with Crippen LogP contribution in [0.5, 0.6) is 0 Å². The van der Waals surface area contributed by atoms with Crippen LogP contribution in [0.15, 0.2) is 39.6 Å². The van der Waals surface area contributed by atoms with Gasteiger partial charge < -0.3 is 9.73 Å². The zero-order chi connectivity index (χ0) is 13.8. The molecule has 0 aliphatic carbocycles. The van der Waals surface area contributed by atoms with Gasteiger partial charge in [-0.25, -0.2) is 0 Å². The SMILES string of the molecule is O=C(CN1CCCC1c1ccsc1)NCc1ccco1. The molecule has 3 heterocycles. The Kier molecular flexibility index (Phi) is 4.18. The minimum Gasteiger partial charge on any atom is -0.467 e. The Labute approximate surface area is 122 Å². The molecule has 20 heavy (non-hydrogen) atoms. The molecule has 106 valence electrons. The number of amides is 1. The molecule has 1 unspecified atom stereocenters. The number of thiophene rings is 1. The summed E-state index contributed by atoms with van der Waals surface area (Å²) >= 11 is 1.72. The predicted octanol–water partition coefficient (Wildman–Crippen LogP) is 2.79. The van der Waals surface area contributed by atoms with Gasteiger partial charge in [-0.05, 0) is 53.9 Å². The van der Waals surface area contributed by atoms with Crippen molar-refractivity contribution >= 4 is 17.2 Å². The van der Waals surface area contributed by atoms with Gasteiger partial charge in [0.2, 0.25) is 5.91 Å². The predicted molar refractivity (Wildman–Crippen MR) is 78.4 cm³/mol. The van der Waals surface area contributed by atoms with Crippen LogP contribution in [0, 0.1) is 0 Å². The second-order valence-corrected chi connectivity index (χ2v) is 5.82. The molecule has 3 rings (SSSR count). The van der Waals surface area contributed by atoms with E-state index in [9.17, 15) is 4.79 Å². The fourth-order valence-corrected chi connectivity index (χ4v) is 3.40. The highest BCUT2D eigenvalue weighted by atomic mass is 32.1. The van der Waals surface area contributed by atoms with E-state index in [1.165, 1.54) is 5.56 Å². The first-order valence-electron chi connectivity index (χ1n) is 6.88. The van der Waals surface area contributed by atoms with Crippen LogP contribution in [0.2, 0.25) is 0 Å². The Morgan fingerprint density at radius 3 is 3.20 bits per heavy atom. The van der Waals surface area contributed by atoms with Crippen molar-refractivity contribution < 1.29 is 9.21 Å². The van der Waals surface area contributed by atoms with Gasteiger partial charge in [-0.1, -0.05) is 0 Å². The smallest absolute Gasteiger partial charge is 0.234 e. The summed E-state index contributed by atoms with van der Waals surface area (Å²) in [5.74, 6) is 0.845. The molecule has 4 nitrogen and oxygen atoms in total. The van der Waals surface area contributed by atoms with Crippen molar-refractivity contribution in [1.82, 2.24) is 10.2 Å². The average molecular weight is 290 g/mol. The number of hydrogen-bond donors (Lipinski definition) is 1. The molecule has 1 amide bonds. The zero-order valence-electron chi connectivity index (χ0n) is 11.2. The maximum Gasteiger partial charge on any atom is 0.234 e. The lowest BCUT2D eigenvalue weighted by Crippen LogP contribution is -2.36. The van der Waals surface area contributed by atoms with Crippen LogP contribution >= 0.6 is 11.3 Å². The summed E-state index contributed by atoms with van der Waals surface area (Å²) < 4.78 is 5.21. The Morgan fingerprint density at radius 1 is 1.50 bits per heavy atom. The van der Waals surface area contributed by atoms with E-state index in [0.29, 0.717) is 19.1 Å². The summed E-state index contributed by atoms with van der Waals surface area (Å²) in [6, 6.07) is 6.25. The topological polar surface area (TPSA) is 45.5 Å². The number of carbonyl (C=O) groups is 1. The van der Waals surface area contributed by atoms with Gasteiger partial charge in [0.1, 0.15) is 5.76 Å². The van der Waals surface area contributed by atoms with E-state index < -0.39 is 0 Å². The van der Waals surface area contributed by atoms with Gasteiger partial charge in [0.25, 0.3) is 0 Å². The molecule has 1 aliphatic rings. The number of nitrogens with one attached hydrogen (secondary N) is 1. The molecule has 0 radical (unpaired) electrons. The standard InChI is InChI=1S/C15H18N2O2S/c18-15(16-9-13-3-2-7-19-13)10-17-6-1-4-14(17)12-5-8-20-11-12/h2-3,5,7-8,11,14H,1,4,6,9-10H2,(H,16,18). The summed E-state index contributed by atoms with van der Waals surface area (Å²) in [5.41, 5.74) is 1.34. The highest BCUT2D eigenvalue weighted by molar-refractivity contribution is 7.07. The van der Waals surface area contributed by atoms with E-state index in [0.717, 1.165) is 25.1 Å². The molecule has 1 atom stereocenters. The molecular formula is C15H18N2O2S. The number of rotatable bonds is 5. The third-order valence-electron chi connectivity index (χ3n) is 3.68. The molecule has 1 N–H and O–H groups in total. The molecule has 1 fully saturated rings. The second-order valence-electron chi connectivity index (χ2n) is 5.04. The van der Waals surface area contributed by atoms with Gasteiger partial charge in [0.15, 0.2) is 0 Å². The maximum absolute atomic E-state index is 12.0. The summed E-state index contributed by atoms with van der Waals surface area (Å²) in [6.45, 7) is 1.92. The van der Waals surface area contributed by atoms with E-state index in [2.05, 4.69) is 27.0 Å². The van der Waals surface area contributed by atoms with Crippen molar-refractivity contribution in [3.05, 3.63) is 46.5 Å². The lowest BCUT2D eigenvalue weighted by molar-refractivity contribution is -0.122. The molecule has 1 aliphatic heterocycles. The number of nitrogens with zero attached hydrogens (tertiary/aromatic N) is 1. The fourth-order valence-electron chi connectivity index (χ4n) is 2.70. The van der Waals surface area contributed by atoms with Crippen molar-refractivity contribution in [2.75, 3.05) is 13.1 Å². The third-order valence-corrected chi connectivity index (χ3v) is 4.38. The largest absolute Gasteiger partial charge is 0.467 e. The van der Waals surface area contributed by atoms with Crippen molar-refractivity contribution in [2.24, 2.45) is 0 Å². The molecule has 0 spiro atoms. The van der Waals surface area contributed by atoms with Gasteiger partial charge in [0.05, 0.1) is 19.4 Å². The third kappa shape index (κ3) is 3.11. The minimum absolute atomic E-state index is 0.0588. The van der Waals surface area contributed by atoms with Gasteiger partial charge in [-0.3, -0.25) is 9.69 Å². The van der Waals surface area contributed by atoms with Crippen LogP contribution in [0.4, 0.5) is 0 Å². The monoisotopic (exact) mass is 290 g/mol. The number of hydrogen-bond acceptors (Lipinski definition) is 4. The Bertz CT molecular complexity index is 536. The summed E-state index contributed by atoms with van der Waals surface area (Å²) in [5, 5.41) is 7.19. The molecule has 2 aromatic heterocycles. The Hall–Kier alpha value is -1.59. The van der Waals surface area contributed by atoms with E-state index in [-0.39, 0.29) is 5.91 Å². The molecule has 5 heteroatoms.